The molecule has 0 spiro atoms. The van der Waals surface area contributed by atoms with E-state index in [-0.39, 0.29) is 14.4 Å². The average Bonchev–Trinajstić information content (AvgIpc) is 2.26. The molecule has 0 aliphatic rings. The van der Waals surface area contributed by atoms with Gasteiger partial charge in [0.1, 0.15) is 11.4 Å². The first kappa shape index (κ1) is 17.5. The molecule has 20 heavy (non-hydrogen) atoms. The van der Waals surface area contributed by atoms with E-state index in [4.69, 9.17) is 28.3 Å². The zero-order valence-corrected chi connectivity index (χ0v) is 12.2. The topological polar surface area (TPSA) is 57.6 Å². The third-order valence-electron chi connectivity index (χ3n) is 2.22. The second-order valence-electron chi connectivity index (χ2n) is 3.73. The molecule has 0 aliphatic heterocycles. The van der Waals surface area contributed by atoms with Crippen molar-refractivity contribution in [2.75, 3.05) is 19.7 Å². The molecular weight excluding hydrogens is 342 g/mol. The average molecular weight is 352 g/mol. The van der Waals surface area contributed by atoms with E-state index in [9.17, 15) is 21.6 Å². The summed E-state index contributed by atoms with van der Waals surface area (Å²) in [4.78, 5) is -0.610. The summed E-state index contributed by atoms with van der Waals surface area (Å²) >= 11 is 11.4. The maximum atomic E-state index is 12.4. The van der Waals surface area contributed by atoms with Gasteiger partial charge in [-0.3, -0.25) is 0 Å². The van der Waals surface area contributed by atoms with Gasteiger partial charge in [0.15, 0.2) is 0 Å². The van der Waals surface area contributed by atoms with Crippen LogP contribution in [0.15, 0.2) is 23.1 Å². The summed E-state index contributed by atoms with van der Waals surface area (Å²) in [6, 6.07) is 3.76. The molecule has 0 bridgehead atoms. The fourth-order valence-electron chi connectivity index (χ4n) is 1.45. The van der Waals surface area contributed by atoms with Gasteiger partial charge >= 0.3 is 6.18 Å². The van der Waals surface area contributed by atoms with E-state index in [2.05, 4.69) is 0 Å². The van der Waals surface area contributed by atoms with Gasteiger partial charge in [-0.25, -0.2) is 8.42 Å². The smallest absolute Gasteiger partial charge is 0.395 e. The summed E-state index contributed by atoms with van der Waals surface area (Å²) in [5.74, 6) is 0. The van der Waals surface area contributed by atoms with Gasteiger partial charge in [0, 0.05) is 6.54 Å². The van der Waals surface area contributed by atoms with Crippen LogP contribution in [0.5, 0.6) is 0 Å². The first-order chi connectivity index (χ1) is 9.09. The number of alkyl halides is 3. The number of aliphatic hydroxyl groups excluding tert-OH is 1. The Hall–Kier alpha value is -0.540. The van der Waals surface area contributed by atoms with Gasteiger partial charge in [0.25, 0.3) is 0 Å². The van der Waals surface area contributed by atoms with E-state index in [0.29, 0.717) is 0 Å². The molecule has 0 heterocycles. The van der Waals surface area contributed by atoms with Crippen molar-refractivity contribution in [2.45, 2.75) is 11.1 Å². The van der Waals surface area contributed by atoms with E-state index in [1.54, 1.807) is 0 Å². The van der Waals surface area contributed by atoms with Crippen molar-refractivity contribution in [2.24, 2.45) is 0 Å². The van der Waals surface area contributed by atoms with Crippen molar-refractivity contribution in [3.05, 3.63) is 28.2 Å². The van der Waals surface area contributed by atoms with Crippen LogP contribution in [0.3, 0.4) is 0 Å². The Kier molecular flexibility index (Phi) is 5.68. The lowest BCUT2D eigenvalue weighted by Gasteiger charge is -2.23. The summed E-state index contributed by atoms with van der Waals surface area (Å²) in [6.07, 6.45) is -4.75. The largest absolute Gasteiger partial charge is 0.402 e. The van der Waals surface area contributed by atoms with Crippen LogP contribution in [-0.2, 0) is 10.0 Å². The Morgan fingerprint density at radius 1 is 1.20 bits per heavy atom. The van der Waals surface area contributed by atoms with Crippen LogP contribution in [-0.4, -0.2) is 43.7 Å². The number of sulfonamides is 1. The summed E-state index contributed by atoms with van der Waals surface area (Å²) in [7, 11) is -4.57. The van der Waals surface area contributed by atoms with E-state index >= 15 is 0 Å². The molecule has 1 aromatic carbocycles. The number of benzene rings is 1. The molecular formula is C10H10Cl2F3NO3S. The molecule has 4 nitrogen and oxygen atoms in total. The standard InChI is InChI=1S/C10H10Cl2F3NO3S/c11-7-2-1-3-8(12)9(7)20(18,19)16(4-5-17)6-10(13,14)15/h1-3,17H,4-6H2. The molecule has 0 saturated carbocycles. The number of nitrogens with zero attached hydrogens (tertiary/aromatic N) is 1. The van der Waals surface area contributed by atoms with E-state index in [1.807, 2.05) is 0 Å². The molecule has 114 valence electrons. The predicted molar refractivity (Wildman–Crippen MR) is 68.4 cm³/mol. The SMILES string of the molecule is O=S(=O)(c1c(Cl)cccc1Cl)N(CCO)CC(F)(F)F. The number of hydrogen-bond acceptors (Lipinski definition) is 3. The summed E-state index contributed by atoms with van der Waals surface area (Å²) < 4.78 is 61.7. The highest BCUT2D eigenvalue weighted by molar-refractivity contribution is 7.89. The van der Waals surface area contributed by atoms with Gasteiger partial charge in [-0.1, -0.05) is 29.3 Å². The molecule has 0 atom stereocenters. The first-order valence-corrected chi connectivity index (χ1v) is 7.41. The monoisotopic (exact) mass is 351 g/mol. The zero-order chi connectivity index (χ0) is 15.6. The van der Waals surface area contributed by atoms with Crippen LogP contribution in [0.2, 0.25) is 10.0 Å². The highest BCUT2D eigenvalue weighted by atomic mass is 35.5. The van der Waals surface area contributed by atoms with Gasteiger partial charge in [-0.05, 0) is 12.1 Å². The van der Waals surface area contributed by atoms with E-state index in [0.717, 1.165) is 0 Å². The normalized spacial score (nSPS) is 12.9. The van der Waals surface area contributed by atoms with Crippen molar-refractivity contribution in [1.82, 2.24) is 4.31 Å². The van der Waals surface area contributed by atoms with Crippen molar-refractivity contribution in [3.8, 4) is 0 Å². The summed E-state index contributed by atoms with van der Waals surface area (Å²) in [5, 5.41) is 8.16. The van der Waals surface area contributed by atoms with Crippen LogP contribution < -0.4 is 0 Å². The second kappa shape index (κ2) is 6.48. The lowest BCUT2D eigenvalue weighted by Crippen LogP contribution is -2.40. The molecule has 10 heteroatoms. The van der Waals surface area contributed by atoms with E-state index in [1.165, 1.54) is 18.2 Å². The van der Waals surface area contributed by atoms with Crippen LogP contribution in [0.4, 0.5) is 13.2 Å². The van der Waals surface area contributed by atoms with Crippen molar-refractivity contribution in [3.63, 3.8) is 0 Å². The summed E-state index contributed by atoms with van der Waals surface area (Å²) in [5.41, 5.74) is 0. The Bertz CT molecular complexity index is 557. The van der Waals surface area contributed by atoms with Crippen LogP contribution in [0.25, 0.3) is 0 Å². The van der Waals surface area contributed by atoms with E-state index < -0.39 is 40.8 Å². The lowest BCUT2D eigenvalue weighted by molar-refractivity contribution is -0.136. The van der Waals surface area contributed by atoms with Crippen molar-refractivity contribution < 1.29 is 26.7 Å². The quantitative estimate of drug-likeness (QED) is 0.886. The van der Waals surface area contributed by atoms with Gasteiger partial charge in [0.2, 0.25) is 10.0 Å². The zero-order valence-electron chi connectivity index (χ0n) is 9.86. The van der Waals surface area contributed by atoms with Gasteiger partial charge in [0.05, 0.1) is 16.7 Å². The molecule has 1 N–H and O–H groups in total. The lowest BCUT2D eigenvalue weighted by atomic mass is 10.4. The highest BCUT2D eigenvalue weighted by Crippen LogP contribution is 2.32. The molecule has 0 aliphatic carbocycles. The summed E-state index contributed by atoms with van der Waals surface area (Å²) in [6.45, 7) is -3.22. The van der Waals surface area contributed by atoms with Crippen LogP contribution in [0.1, 0.15) is 0 Å². The number of rotatable bonds is 5. The molecule has 0 fully saturated rings. The third-order valence-corrected chi connectivity index (χ3v) is 5.02. The Morgan fingerprint density at radius 3 is 2.10 bits per heavy atom. The molecule has 0 amide bonds. The first-order valence-electron chi connectivity index (χ1n) is 5.21. The molecule has 0 unspecified atom stereocenters. The van der Waals surface area contributed by atoms with Crippen molar-refractivity contribution in [1.29, 1.82) is 0 Å². The molecule has 1 rings (SSSR count). The fourth-order valence-corrected chi connectivity index (χ4v) is 3.96. The van der Waals surface area contributed by atoms with Crippen LogP contribution >= 0.6 is 23.2 Å². The molecule has 1 aromatic rings. The minimum Gasteiger partial charge on any atom is -0.395 e. The van der Waals surface area contributed by atoms with Gasteiger partial charge < -0.3 is 5.11 Å². The number of aliphatic hydroxyl groups is 1. The van der Waals surface area contributed by atoms with Gasteiger partial charge in [-0.2, -0.15) is 17.5 Å². The second-order valence-corrected chi connectivity index (χ2v) is 6.42. The predicted octanol–water partition coefficient (Wildman–Crippen LogP) is 2.54. The molecule has 0 saturated heterocycles. The maximum absolute atomic E-state index is 12.4. The number of halogens is 5. The Morgan fingerprint density at radius 2 is 1.70 bits per heavy atom. The third kappa shape index (κ3) is 4.23. The maximum Gasteiger partial charge on any atom is 0.402 e. The molecule has 0 radical (unpaired) electrons. The Labute approximate surface area is 123 Å². The molecule has 0 aromatic heterocycles. The minimum absolute atomic E-state index is 0.0834. The minimum atomic E-state index is -4.75. The van der Waals surface area contributed by atoms with Crippen LogP contribution in [0, 0.1) is 0 Å². The Balaban J connectivity index is 3.30. The highest BCUT2D eigenvalue weighted by Gasteiger charge is 2.38. The van der Waals surface area contributed by atoms with Crippen molar-refractivity contribution >= 4 is 33.2 Å². The number of hydrogen-bond donors (Lipinski definition) is 1. The fraction of sp³-hybridized carbons (Fsp3) is 0.400. The van der Waals surface area contributed by atoms with Gasteiger partial charge in [-0.15, -0.1) is 0 Å².